The highest BCUT2D eigenvalue weighted by atomic mass is 31.0. The number of rotatable bonds is 7. The molecule has 1 aromatic heterocycles. The topological polar surface area (TPSA) is 53.7 Å². The number of aliphatic imine (C=N–C) groups is 1. The highest BCUT2D eigenvalue weighted by molar-refractivity contribution is 7.18. The normalized spacial score (nSPS) is 17.1. The standard InChI is InChI=1S/C19H22F2N5P/c1-3-16-8-14(9-22-16)12-26-13(2)4-5-17(25-26)15-10-23-18(24-11-15)6-7-19(20,21)27/h4-5,8,10-11H,2-3,6-7,9,12,27H2,1H3. The van der Waals surface area contributed by atoms with E-state index in [1.54, 1.807) is 12.4 Å². The van der Waals surface area contributed by atoms with Gasteiger partial charge in [-0.3, -0.25) is 10.0 Å². The molecule has 2 aliphatic rings. The van der Waals surface area contributed by atoms with Crippen LogP contribution in [0.4, 0.5) is 8.78 Å². The van der Waals surface area contributed by atoms with Gasteiger partial charge in [0.25, 0.3) is 5.66 Å². The number of hydrogen-bond acceptors (Lipinski definition) is 5. The molecule has 3 rings (SSSR count). The van der Waals surface area contributed by atoms with Gasteiger partial charge in [0.2, 0.25) is 0 Å². The van der Waals surface area contributed by atoms with Gasteiger partial charge in [0.15, 0.2) is 0 Å². The lowest BCUT2D eigenvalue weighted by Gasteiger charge is -2.24. The van der Waals surface area contributed by atoms with Crippen LogP contribution < -0.4 is 0 Å². The van der Waals surface area contributed by atoms with E-state index in [0.717, 1.165) is 23.4 Å². The molecule has 5 nitrogen and oxygen atoms in total. The van der Waals surface area contributed by atoms with Crippen LogP contribution in [0.2, 0.25) is 0 Å². The fraction of sp³-hybridized carbons (Fsp3) is 0.368. The van der Waals surface area contributed by atoms with Gasteiger partial charge in [-0.2, -0.15) is 5.10 Å². The Morgan fingerprint density at radius 2 is 2.00 bits per heavy atom. The summed E-state index contributed by atoms with van der Waals surface area (Å²) in [7, 11) is 1.53. The highest BCUT2D eigenvalue weighted by Crippen LogP contribution is 2.27. The maximum Gasteiger partial charge on any atom is 0.259 e. The van der Waals surface area contributed by atoms with Crippen molar-refractivity contribution in [2.24, 2.45) is 10.1 Å². The van der Waals surface area contributed by atoms with E-state index in [1.807, 2.05) is 17.2 Å². The van der Waals surface area contributed by atoms with Gasteiger partial charge in [-0.1, -0.05) is 22.7 Å². The maximum atomic E-state index is 12.9. The zero-order valence-corrected chi connectivity index (χ0v) is 16.4. The maximum absolute atomic E-state index is 12.9. The Balaban J connectivity index is 1.68. The van der Waals surface area contributed by atoms with E-state index in [4.69, 9.17) is 0 Å². The third-order valence-electron chi connectivity index (χ3n) is 4.25. The molecule has 0 N–H and O–H groups in total. The average molecular weight is 389 g/mol. The molecular formula is C19H22F2N5P. The highest BCUT2D eigenvalue weighted by Gasteiger charge is 2.21. The number of hydrazone groups is 1. The number of hydrogen-bond donors (Lipinski definition) is 0. The van der Waals surface area contributed by atoms with Crippen LogP contribution in [-0.2, 0) is 6.42 Å². The van der Waals surface area contributed by atoms with Crippen LogP contribution in [0.15, 0.2) is 58.6 Å². The number of aryl methyl sites for hydroxylation is 1. The number of nitrogens with zero attached hydrogens (tertiary/aromatic N) is 5. The first-order valence-corrected chi connectivity index (χ1v) is 9.35. The molecule has 1 aromatic rings. The molecular weight excluding hydrogens is 367 g/mol. The summed E-state index contributed by atoms with van der Waals surface area (Å²) >= 11 is 0. The fourth-order valence-electron chi connectivity index (χ4n) is 2.71. The van der Waals surface area contributed by atoms with Crippen molar-refractivity contribution in [2.45, 2.75) is 31.8 Å². The molecule has 0 radical (unpaired) electrons. The lowest BCUT2D eigenvalue weighted by atomic mass is 10.1. The summed E-state index contributed by atoms with van der Waals surface area (Å²) in [4.78, 5) is 12.8. The fourth-order valence-corrected chi connectivity index (χ4v) is 2.85. The van der Waals surface area contributed by atoms with Crippen LogP contribution in [0.5, 0.6) is 0 Å². The van der Waals surface area contributed by atoms with E-state index < -0.39 is 5.66 Å². The van der Waals surface area contributed by atoms with Crippen LogP contribution in [0, 0.1) is 0 Å². The Morgan fingerprint density at radius 1 is 1.26 bits per heavy atom. The predicted molar refractivity (Wildman–Crippen MR) is 107 cm³/mol. The van der Waals surface area contributed by atoms with Crippen LogP contribution in [-0.4, -0.2) is 45.2 Å². The van der Waals surface area contributed by atoms with Gasteiger partial charge < -0.3 is 0 Å². The molecule has 2 aliphatic heterocycles. The minimum Gasteiger partial charge on any atom is -0.285 e. The van der Waals surface area contributed by atoms with Crippen LogP contribution >= 0.6 is 9.24 Å². The smallest absolute Gasteiger partial charge is 0.259 e. The molecule has 0 aliphatic carbocycles. The van der Waals surface area contributed by atoms with Crippen molar-refractivity contribution in [3.05, 3.63) is 59.9 Å². The molecule has 0 spiro atoms. The van der Waals surface area contributed by atoms with Gasteiger partial charge in [0.1, 0.15) is 5.82 Å². The van der Waals surface area contributed by atoms with Crippen molar-refractivity contribution >= 4 is 20.7 Å². The summed E-state index contributed by atoms with van der Waals surface area (Å²) in [6.07, 6.45) is 9.83. The zero-order chi connectivity index (χ0) is 19.4. The van der Waals surface area contributed by atoms with E-state index >= 15 is 0 Å². The van der Waals surface area contributed by atoms with Crippen LogP contribution in [0.1, 0.15) is 31.2 Å². The van der Waals surface area contributed by atoms with Gasteiger partial charge in [0.05, 0.1) is 24.5 Å². The molecule has 27 heavy (non-hydrogen) atoms. The molecule has 1 atom stereocenters. The van der Waals surface area contributed by atoms with Crippen molar-refractivity contribution < 1.29 is 8.78 Å². The Kier molecular flexibility index (Phi) is 5.90. The zero-order valence-electron chi connectivity index (χ0n) is 15.2. The van der Waals surface area contributed by atoms with E-state index in [-0.39, 0.29) is 12.8 Å². The molecule has 0 aromatic carbocycles. The van der Waals surface area contributed by atoms with E-state index in [9.17, 15) is 8.78 Å². The summed E-state index contributed by atoms with van der Waals surface area (Å²) in [5.74, 6) is 0.392. The summed E-state index contributed by atoms with van der Waals surface area (Å²) < 4.78 is 25.8. The first-order valence-electron chi connectivity index (χ1n) is 8.78. The molecule has 142 valence electrons. The Hall–Kier alpha value is -2.27. The third kappa shape index (κ3) is 5.36. The number of aromatic nitrogens is 2. The number of alkyl halides is 2. The van der Waals surface area contributed by atoms with Gasteiger partial charge in [-0.05, 0) is 30.2 Å². The minimum absolute atomic E-state index is 0.121. The molecule has 0 saturated carbocycles. The minimum atomic E-state index is -2.80. The van der Waals surface area contributed by atoms with Gasteiger partial charge in [-0.25, -0.2) is 18.7 Å². The molecule has 8 heteroatoms. The second-order valence-electron chi connectivity index (χ2n) is 6.48. The first-order chi connectivity index (χ1) is 12.8. The summed E-state index contributed by atoms with van der Waals surface area (Å²) in [6, 6.07) is 0. The molecule has 1 unspecified atom stereocenters. The quantitative estimate of drug-likeness (QED) is 0.668. The molecule has 0 saturated heterocycles. The third-order valence-corrected chi connectivity index (χ3v) is 4.54. The van der Waals surface area contributed by atoms with Crippen LogP contribution in [0.3, 0.4) is 0 Å². The Bertz CT molecular complexity index is 835. The van der Waals surface area contributed by atoms with Crippen molar-refractivity contribution in [1.82, 2.24) is 15.0 Å². The second kappa shape index (κ2) is 8.17. The van der Waals surface area contributed by atoms with Crippen LogP contribution in [0.25, 0.3) is 0 Å². The number of halogens is 2. The molecule has 0 bridgehead atoms. The van der Waals surface area contributed by atoms with Crippen molar-refractivity contribution in [1.29, 1.82) is 0 Å². The van der Waals surface area contributed by atoms with E-state index in [1.165, 1.54) is 14.8 Å². The van der Waals surface area contributed by atoms with Crippen molar-refractivity contribution in [2.75, 3.05) is 13.1 Å². The van der Waals surface area contributed by atoms with Gasteiger partial charge >= 0.3 is 0 Å². The lowest BCUT2D eigenvalue weighted by molar-refractivity contribution is 0.0941. The monoisotopic (exact) mass is 389 g/mol. The molecule has 0 fully saturated rings. The van der Waals surface area contributed by atoms with E-state index in [0.29, 0.717) is 24.6 Å². The summed E-state index contributed by atoms with van der Waals surface area (Å²) in [6.45, 7) is 7.44. The molecule has 0 amide bonds. The second-order valence-corrected chi connectivity index (χ2v) is 7.32. The first kappa shape index (κ1) is 19.5. The lowest BCUT2D eigenvalue weighted by Crippen LogP contribution is -2.24. The average Bonchev–Trinajstić information content (AvgIpc) is 3.09. The van der Waals surface area contributed by atoms with Gasteiger partial charge in [0, 0.05) is 36.5 Å². The summed E-state index contributed by atoms with van der Waals surface area (Å²) in [5, 5.41) is 6.46. The SMILES string of the molecule is C=C1C=CC(c2cnc(CCC(F)(F)P)nc2)=NN1CC1=CC(CC)=NC1. The Labute approximate surface area is 159 Å². The van der Waals surface area contributed by atoms with Gasteiger partial charge in [-0.15, -0.1) is 0 Å². The molecule has 3 heterocycles. The largest absolute Gasteiger partial charge is 0.285 e. The van der Waals surface area contributed by atoms with Crippen molar-refractivity contribution in [3.8, 4) is 0 Å². The summed E-state index contributed by atoms with van der Waals surface area (Å²) in [5.41, 5.74) is 1.74. The predicted octanol–water partition coefficient (Wildman–Crippen LogP) is 3.76. The van der Waals surface area contributed by atoms with E-state index in [2.05, 4.69) is 39.6 Å². The number of allylic oxidation sites excluding steroid dienone is 3. The van der Waals surface area contributed by atoms with Crippen molar-refractivity contribution in [3.63, 3.8) is 0 Å². The Morgan fingerprint density at radius 3 is 2.63 bits per heavy atom.